The van der Waals surface area contributed by atoms with E-state index in [-0.39, 0.29) is 23.5 Å². The van der Waals surface area contributed by atoms with Gasteiger partial charge in [0.05, 0.1) is 11.5 Å². The summed E-state index contributed by atoms with van der Waals surface area (Å²) in [6, 6.07) is 39.2. The van der Waals surface area contributed by atoms with Crippen molar-refractivity contribution in [2.75, 3.05) is 0 Å². The van der Waals surface area contributed by atoms with Gasteiger partial charge < -0.3 is 14.2 Å². The third kappa shape index (κ3) is 12.4. The van der Waals surface area contributed by atoms with Crippen LogP contribution in [0.1, 0.15) is 78.5 Å². The number of esters is 1. The molecule has 0 aliphatic heterocycles. The fourth-order valence-electron chi connectivity index (χ4n) is 5.37. The van der Waals surface area contributed by atoms with Gasteiger partial charge in [-0.3, -0.25) is 19.8 Å². The minimum atomic E-state index is -2.93. The van der Waals surface area contributed by atoms with E-state index in [0.29, 0.717) is 38.8 Å². The third-order valence-electron chi connectivity index (χ3n) is 8.09. The molecule has 0 saturated heterocycles. The van der Waals surface area contributed by atoms with Crippen LogP contribution in [0, 0.1) is 17.2 Å². The molecule has 1 N–H and O–H groups in total. The molecule has 0 fully saturated rings. The van der Waals surface area contributed by atoms with Gasteiger partial charge in [-0.1, -0.05) is 86.1 Å². The lowest BCUT2D eigenvalue weighted by atomic mass is 9.88. The number of ether oxygens (including phenoxy) is 3. The maximum absolute atomic E-state index is 13.0. The summed E-state index contributed by atoms with van der Waals surface area (Å²) in [4.78, 5) is 38.1. The highest BCUT2D eigenvalue weighted by Gasteiger charge is 2.30. The van der Waals surface area contributed by atoms with Gasteiger partial charge in [0.1, 0.15) is 23.3 Å². The molecule has 0 radical (unpaired) electrons. The average Bonchev–Trinajstić information content (AvgIpc) is 3.17. The summed E-state index contributed by atoms with van der Waals surface area (Å²) in [6.07, 6.45) is -1.14. The second-order valence-electron chi connectivity index (χ2n) is 13.7. The zero-order valence-corrected chi connectivity index (χ0v) is 32.2. The molecule has 290 valence electrons. The van der Waals surface area contributed by atoms with Crippen LogP contribution >= 0.6 is 11.6 Å². The zero-order valence-electron chi connectivity index (χ0n) is 31.5. The van der Waals surface area contributed by atoms with Crippen molar-refractivity contribution >= 4 is 29.4 Å². The van der Waals surface area contributed by atoms with Gasteiger partial charge in [0, 0.05) is 21.7 Å². The molecular weight excluding hydrogens is 740 g/mol. The quantitative estimate of drug-likeness (QED) is 0.105. The van der Waals surface area contributed by atoms with E-state index in [2.05, 4.69) is 10.2 Å². The minimum Gasteiger partial charge on any atom is -0.457 e. The van der Waals surface area contributed by atoms with Crippen molar-refractivity contribution in [3.8, 4) is 23.3 Å². The van der Waals surface area contributed by atoms with Crippen LogP contribution in [0.5, 0.6) is 17.2 Å². The molecule has 0 saturated carbocycles. The smallest absolute Gasteiger partial charge is 0.387 e. The highest BCUT2D eigenvalue weighted by molar-refractivity contribution is 6.30. The van der Waals surface area contributed by atoms with Crippen LogP contribution in [-0.4, -0.2) is 34.9 Å². The highest BCUT2D eigenvalue weighted by atomic mass is 35.5. The van der Waals surface area contributed by atoms with Gasteiger partial charge in [0.2, 0.25) is 6.10 Å². The van der Waals surface area contributed by atoms with E-state index in [0.717, 1.165) is 0 Å². The van der Waals surface area contributed by atoms with Crippen molar-refractivity contribution in [3.63, 3.8) is 0 Å². The molecule has 1 unspecified atom stereocenters. The van der Waals surface area contributed by atoms with Gasteiger partial charge in [0.25, 0.3) is 11.8 Å². The Hall–Kier alpha value is -6.25. The van der Waals surface area contributed by atoms with Crippen LogP contribution in [0.2, 0.25) is 5.02 Å². The lowest BCUT2D eigenvalue weighted by molar-refractivity contribution is -0.150. The summed E-state index contributed by atoms with van der Waals surface area (Å²) in [5.74, 6) is -0.925. The summed E-state index contributed by atoms with van der Waals surface area (Å²) >= 11 is 5.83. The fourth-order valence-corrected chi connectivity index (χ4v) is 5.50. The molecule has 5 aromatic carbocycles. The van der Waals surface area contributed by atoms with Crippen molar-refractivity contribution < 1.29 is 37.4 Å². The van der Waals surface area contributed by atoms with Crippen LogP contribution < -0.4 is 14.9 Å². The molecule has 5 rings (SSSR count). The van der Waals surface area contributed by atoms with Crippen LogP contribution in [0.3, 0.4) is 0 Å². The second kappa shape index (κ2) is 19.9. The first-order valence-electron chi connectivity index (χ1n) is 17.6. The normalized spacial score (nSPS) is 11.9. The second-order valence-corrected chi connectivity index (χ2v) is 14.2. The van der Waals surface area contributed by atoms with Gasteiger partial charge >= 0.3 is 12.6 Å². The lowest BCUT2D eigenvalue weighted by Crippen LogP contribution is -2.55. The molecule has 0 aliphatic rings. The number of rotatable bonds is 11. The lowest BCUT2D eigenvalue weighted by Gasteiger charge is -2.35. The number of nitrogens with zero attached hydrogens (tertiary/aromatic N) is 2. The molecule has 9 nitrogen and oxygen atoms in total. The van der Waals surface area contributed by atoms with Gasteiger partial charge in [-0.25, -0.2) is 5.01 Å². The molecule has 0 bridgehead atoms. The molecule has 2 amide bonds. The fraction of sp³-hybridized carbons (Fsp3) is 0.227. The van der Waals surface area contributed by atoms with E-state index < -0.39 is 30.1 Å². The maximum atomic E-state index is 13.0. The first-order valence-corrected chi connectivity index (χ1v) is 18.0. The van der Waals surface area contributed by atoms with Crippen LogP contribution in [0.4, 0.5) is 8.78 Å². The number of nitriles is 1. The number of para-hydroxylation sites is 1. The molecule has 0 aliphatic carbocycles. The largest absolute Gasteiger partial charge is 0.457 e. The molecule has 56 heavy (non-hydrogen) atoms. The summed E-state index contributed by atoms with van der Waals surface area (Å²) in [5.41, 5.74) is 4.12. The van der Waals surface area contributed by atoms with Crippen LogP contribution in [0.25, 0.3) is 0 Å². The van der Waals surface area contributed by atoms with Gasteiger partial charge in [-0.15, -0.1) is 0 Å². The summed E-state index contributed by atoms with van der Waals surface area (Å²) in [6.45, 7) is 6.32. The Labute approximate surface area is 330 Å². The third-order valence-corrected chi connectivity index (χ3v) is 8.34. The number of amides is 2. The van der Waals surface area contributed by atoms with E-state index in [1.165, 1.54) is 17.1 Å². The summed E-state index contributed by atoms with van der Waals surface area (Å²) < 4.78 is 40.5. The van der Waals surface area contributed by atoms with E-state index in [9.17, 15) is 28.4 Å². The number of halogens is 3. The Morgan fingerprint density at radius 2 is 1.32 bits per heavy atom. The van der Waals surface area contributed by atoms with E-state index in [1.54, 1.807) is 97.1 Å². The molecule has 2 atom stereocenters. The predicted octanol–water partition coefficient (Wildman–Crippen LogP) is 10.6. The Morgan fingerprint density at radius 1 is 0.732 bits per heavy atom. The number of hydrogen-bond acceptors (Lipinski definition) is 7. The van der Waals surface area contributed by atoms with E-state index >= 15 is 0 Å². The maximum Gasteiger partial charge on any atom is 0.387 e. The Kier molecular flexibility index (Phi) is 15.1. The van der Waals surface area contributed by atoms with Crippen LogP contribution in [0.15, 0.2) is 133 Å². The van der Waals surface area contributed by atoms with Gasteiger partial charge in [-0.05, 0) is 105 Å². The van der Waals surface area contributed by atoms with Crippen molar-refractivity contribution in [1.82, 2.24) is 10.4 Å². The van der Waals surface area contributed by atoms with Crippen molar-refractivity contribution in [1.29, 1.82) is 5.26 Å². The van der Waals surface area contributed by atoms with E-state index in [4.69, 9.17) is 21.1 Å². The number of nitrogens with one attached hydrogen (secondary N) is 1. The summed E-state index contributed by atoms with van der Waals surface area (Å²) in [7, 11) is 0. The molecular formula is C44H42ClF2N3O6. The zero-order chi connectivity index (χ0) is 40.8. The first kappa shape index (κ1) is 42.5. The Bertz CT molecular complexity index is 2090. The summed E-state index contributed by atoms with van der Waals surface area (Å²) in [5, 5.41) is 11.6. The Morgan fingerprint density at radius 3 is 1.88 bits per heavy atom. The van der Waals surface area contributed by atoms with Crippen molar-refractivity contribution in [2.45, 2.75) is 58.8 Å². The number of benzene rings is 5. The number of hydrazine groups is 1. The highest BCUT2D eigenvalue weighted by Crippen LogP contribution is 2.32. The number of carbonyl (C=O) groups is 3. The Balaban J connectivity index is 0.000000265. The van der Waals surface area contributed by atoms with Gasteiger partial charge in [0.15, 0.2) is 0 Å². The number of hydrogen-bond donors (Lipinski definition) is 1. The molecule has 5 aromatic rings. The first-order chi connectivity index (χ1) is 26.7. The van der Waals surface area contributed by atoms with Crippen molar-refractivity contribution in [3.05, 3.63) is 161 Å². The average molecular weight is 782 g/mol. The molecule has 0 aromatic heterocycles. The molecule has 0 heterocycles. The molecule has 12 heteroatoms. The SMILES string of the molecule is CC(C)(C)N(NC(=O)c1ccc(Cl)cc1)C(=O)c1ccccc1.CC(C)[C@H](C(=O)OC(C#N)c1cccc(Oc2ccccc2)c1)c1ccc(OC(F)F)cc1. The standard InChI is InChI=1S/C26H23F2NO4.C18H19ClN2O2/c1-17(2)24(18-11-13-21(14-12-18)32-26(27)28)25(30)33-23(16-29)19-7-6-10-22(15-19)31-20-8-4-3-5-9-20;1-18(2,3)21(17(23)14-7-5-4-6-8-14)20-16(22)13-9-11-15(19)12-10-13/h3-15,17,23-24,26H,1-2H3;4-12H,1-3H3,(H,20,22)/t23?,24-;/m0./s1. The number of alkyl halides is 2. The van der Waals surface area contributed by atoms with E-state index in [1.807, 2.05) is 65.0 Å². The van der Waals surface area contributed by atoms with Gasteiger partial charge in [-0.2, -0.15) is 14.0 Å². The molecule has 0 spiro atoms. The number of carbonyl (C=O) groups excluding carboxylic acids is 3. The van der Waals surface area contributed by atoms with Crippen molar-refractivity contribution in [2.24, 2.45) is 5.92 Å². The van der Waals surface area contributed by atoms with Crippen LogP contribution in [-0.2, 0) is 9.53 Å². The predicted molar refractivity (Wildman–Crippen MR) is 209 cm³/mol. The minimum absolute atomic E-state index is 0.00486. The topological polar surface area (TPSA) is 118 Å². The monoisotopic (exact) mass is 781 g/mol.